The number of H-pyrrole nitrogens is 1. The Labute approximate surface area is 164 Å². The second-order valence-electron chi connectivity index (χ2n) is 6.10. The molecule has 2 aromatic heterocycles. The molecule has 6 nitrogen and oxygen atoms in total. The highest BCUT2D eigenvalue weighted by Gasteiger charge is 2.14. The number of anilines is 1. The molecular formula is C20H18BrN3O3. The van der Waals surface area contributed by atoms with Crippen LogP contribution >= 0.6 is 15.9 Å². The molecule has 0 saturated carbocycles. The van der Waals surface area contributed by atoms with Crippen LogP contribution < -0.4 is 15.6 Å². The number of aromatic nitrogens is 2. The largest absolute Gasteiger partial charge is 0.488 e. The minimum atomic E-state index is -0.364. The molecule has 3 aromatic rings. The Kier molecular flexibility index (Phi) is 5.71. The number of nitrogens with one attached hydrogen (secondary N) is 2. The predicted molar refractivity (Wildman–Crippen MR) is 107 cm³/mol. The van der Waals surface area contributed by atoms with Crippen molar-refractivity contribution in [1.29, 1.82) is 0 Å². The zero-order valence-corrected chi connectivity index (χ0v) is 16.5. The summed E-state index contributed by atoms with van der Waals surface area (Å²) in [5.74, 6) is 0.374. The average Bonchev–Trinajstić information content (AvgIpc) is 2.64. The molecule has 138 valence electrons. The molecule has 2 heterocycles. The van der Waals surface area contributed by atoms with E-state index in [9.17, 15) is 9.59 Å². The van der Waals surface area contributed by atoms with Crippen LogP contribution in [0.5, 0.6) is 5.75 Å². The van der Waals surface area contributed by atoms with Crippen LogP contribution in [-0.4, -0.2) is 15.9 Å². The van der Waals surface area contributed by atoms with Crippen molar-refractivity contribution in [3.05, 3.63) is 86.0 Å². The lowest BCUT2D eigenvalue weighted by Crippen LogP contribution is -2.19. The van der Waals surface area contributed by atoms with Crippen LogP contribution in [0.1, 0.15) is 27.0 Å². The van der Waals surface area contributed by atoms with E-state index in [-0.39, 0.29) is 17.2 Å². The lowest BCUT2D eigenvalue weighted by atomic mass is 10.0. The van der Waals surface area contributed by atoms with E-state index in [0.717, 1.165) is 22.4 Å². The fourth-order valence-electron chi connectivity index (χ4n) is 2.69. The van der Waals surface area contributed by atoms with E-state index in [2.05, 4.69) is 31.2 Å². The number of rotatable bonds is 5. The van der Waals surface area contributed by atoms with Crippen LogP contribution in [0.15, 0.2) is 58.2 Å². The normalized spacial score (nSPS) is 10.5. The number of hydrogen-bond acceptors (Lipinski definition) is 4. The molecule has 27 heavy (non-hydrogen) atoms. The lowest BCUT2D eigenvalue weighted by Gasteiger charge is -2.14. The van der Waals surface area contributed by atoms with E-state index in [1.807, 2.05) is 26.0 Å². The Bertz CT molecular complexity index is 1010. The van der Waals surface area contributed by atoms with Gasteiger partial charge in [0.15, 0.2) is 0 Å². The van der Waals surface area contributed by atoms with Crippen molar-refractivity contribution in [3.63, 3.8) is 0 Å². The van der Waals surface area contributed by atoms with Gasteiger partial charge in [0, 0.05) is 34.2 Å². The van der Waals surface area contributed by atoms with Gasteiger partial charge in [-0.1, -0.05) is 6.07 Å². The summed E-state index contributed by atoms with van der Waals surface area (Å²) in [7, 11) is 0. The van der Waals surface area contributed by atoms with E-state index < -0.39 is 0 Å². The summed E-state index contributed by atoms with van der Waals surface area (Å²) in [5, 5.41) is 2.64. The van der Waals surface area contributed by atoms with Gasteiger partial charge in [0.2, 0.25) is 0 Å². The van der Waals surface area contributed by atoms with Gasteiger partial charge in [-0.2, -0.15) is 0 Å². The molecule has 0 atom stereocenters. The van der Waals surface area contributed by atoms with E-state index in [4.69, 9.17) is 4.74 Å². The van der Waals surface area contributed by atoms with Gasteiger partial charge in [0.05, 0.1) is 0 Å². The van der Waals surface area contributed by atoms with E-state index >= 15 is 0 Å². The Morgan fingerprint density at radius 3 is 2.67 bits per heavy atom. The molecule has 0 aliphatic heterocycles. The molecular weight excluding hydrogens is 410 g/mol. The predicted octanol–water partition coefficient (Wildman–Crippen LogP) is 3.98. The van der Waals surface area contributed by atoms with Crippen LogP contribution in [0, 0.1) is 13.8 Å². The number of nitrogens with zero attached hydrogens (tertiary/aromatic N) is 1. The molecule has 1 amide bonds. The van der Waals surface area contributed by atoms with Gasteiger partial charge in [-0.15, -0.1) is 0 Å². The molecule has 0 spiro atoms. The van der Waals surface area contributed by atoms with E-state index in [1.165, 1.54) is 6.20 Å². The third-order valence-corrected chi connectivity index (χ3v) is 4.40. The maximum atomic E-state index is 12.5. The summed E-state index contributed by atoms with van der Waals surface area (Å²) in [6.45, 7) is 4.16. The number of benzene rings is 1. The second kappa shape index (κ2) is 8.18. The first-order valence-corrected chi connectivity index (χ1v) is 9.06. The summed E-state index contributed by atoms with van der Waals surface area (Å²) in [6, 6.07) is 8.84. The molecule has 0 radical (unpaired) electrons. The number of halogens is 1. The van der Waals surface area contributed by atoms with Crippen molar-refractivity contribution >= 4 is 27.5 Å². The minimum absolute atomic E-state index is 0.182. The average molecular weight is 428 g/mol. The highest BCUT2D eigenvalue weighted by Crippen LogP contribution is 2.26. The topological polar surface area (TPSA) is 84.1 Å². The number of carbonyl (C=O) groups excluding carboxylic acids is 1. The number of aromatic amines is 1. The minimum Gasteiger partial charge on any atom is -0.488 e. The van der Waals surface area contributed by atoms with Gasteiger partial charge >= 0.3 is 0 Å². The summed E-state index contributed by atoms with van der Waals surface area (Å²) in [4.78, 5) is 31.0. The first kappa shape index (κ1) is 18.8. The number of aryl methyl sites for hydroxylation is 2. The first-order valence-electron chi connectivity index (χ1n) is 8.26. The smallest absolute Gasteiger partial charge is 0.271 e. The zero-order valence-electron chi connectivity index (χ0n) is 14.9. The SMILES string of the molecule is Cc1cc(C(=O)Nc2cc(Br)c[nH]c2=O)cc(C)c1OCc1cccnc1. The van der Waals surface area contributed by atoms with Crippen LogP contribution in [0.2, 0.25) is 0 Å². The second-order valence-corrected chi connectivity index (χ2v) is 7.02. The molecule has 0 aliphatic rings. The summed E-state index contributed by atoms with van der Waals surface area (Å²) < 4.78 is 6.58. The van der Waals surface area contributed by atoms with Gasteiger partial charge in [0.1, 0.15) is 18.0 Å². The molecule has 0 saturated heterocycles. The van der Waals surface area contributed by atoms with Crippen LogP contribution in [0.25, 0.3) is 0 Å². The Morgan fingerprint density at radius 2 is 2.00 bits per heavy atom. The van der Waals surface area contributed by atoms with Crippen LogP contribution in [-0.2, 0) is 6.61 Å². The van der Waals surface area contributed by atoms with Crippen molar-refractivity contribution in [2.24, 2.45) is 0 Å². The molecule has 0 bridgehead atoms. The van der Waals surface area contributed by atoms with Crippen molar-refractivity contribution in [3.8, 4) is 5.75 Å². The van der Waals surface area contributed by atoms with Crippen molar-refractivity contribution in [2.75, 3.05) is 5.32 Å². The summed E-state index contributed by atoms with van der Waals surface area (Å²) in [6.07, 6.45) is 4.98. The zero-order chi connectivity index (χ0) is 19.4. The summed E-state index contributed by atoms with van der Waals surface area (Å²) >= 11 is 3.27. The third-order valence-electron chi connectivity index (χ3n) is 3.94. The van der Waals surface area contributed by atoms with Gasteiger partial charge in [-0.3, -0.25) is 14.6 Å². The molecule has 0 aliphatic carbocycles. The number of amides is 1. The Hall–Kier alpha value is -2.93. The third kappa shape index (κ3) is 4.62. The lowest BCUT2D eigenvalue weighted by molar-refractivity contribution is 0.102. The molecule has 2 N–H and O–H groups in total. The van der Waals surface area contributed by atoms with Gasteiger partial charge < -0.3 is 15.0 Å². The Morgan fingerprint density at radius 1 is 1.26 bits per heavy atom. The molecule has 3 rings (SSSR count). The fraction of sp³-hybridized carbons (Fsp3) is 0.150. The van der Waals surface area contributed by atoms with Crippen molar-refractivity contribution in [1.82, 2.24) is 9.97 Å². The quantitative estimate of drug-likeness (QED) is 0.644. The summed E-state index contributed by atoms with van der Waals surface area (Å²) in [5.41, 5.74) is 2.92. The molecule has 7 heteroatoms. The fourth-order valence-corrected chi connectivity index (χ4v) is 3.04. The number of ether oxygens (including phenoxy) is 1. The van der Waals surface area contributed by atoms with Gasteiger partial charge in [-0.05, 0) is 65.2 Å². The molecule has 1 aromatic carbocycles. The van der Waals surface area contributed by atoms with Gasteiger partial charge in [0.25, 0.3) is 11.5 Å². The molecule has 0 fully saturated rings. The highest BCUT2D eigenvalue weighted by atomic mass is 79.9. The first-order chi connectivity index (χ1) is 12.9. The highest BCUT2D eigenvalue weighted by molar-refractivity contribution is 9.10. The Balaban J connectivity index is 1.78. The number of hydrogen-bond donors (Lipinski definition) is 2. The molecule has 0 unspecified atom stereocenters. The monoisotopic (exact) mass is 427 g/mol. The standard InChI is InChI=1S/C20H18BrN3O3/c1-12-6-15(19(25)24-17-8-16(21)10-23-20(17)26)7-13(2)18(12)27-11-14-4-3-5-22-9-14/h3-10H,11H2,1-2H3,(H,23,26)(H,24,25). The maximum Gasteiger partial charge on any atom is 0.271 e. The van der Waals surface area contributed by atoms with E-state index in [0.29, 0.717) is 16.6 Å². The van der Waals surface area contributed by atoms with E-state index in [1.54, 1.807) is 30.6 Å². The van der Waals surface area contributed by atoms with Crippen LogP contribution in [0.4, 0.5) is 5.69 Å². The van der Waals surface area contributed by atoms with Gasteiger partial charge in [-0.25, -0.2) is 0 Å². The van der Waals surface area contributed by atoms with Crippen molar-refractivity contribution in [2.45, 2.75) is 20.5 Å². The van der Waals surface area contributed by atoms with Crippen LogP contribution in [0.3, 0.4) is 0 Å². The number of pyridine rings is 2. The maximum absolute atomic E-state index is 12.5. The number of carbonyl (C=O) groups is 1. The van der Waals surface area contributed by atoms with Crippen molar-refractivity contribution < 1.29 is 9.53 Å².